The van der Waals surface area contributed by atoms with Crippen LogP contribution in [0.1, 0.15) is 17.3 Å². The van der Waals surface area contributed by atoms with Crippen molar-refractivity contribution in [3.8, 4) is 0 Å². The molecule has 0 heterocycles. The van der Waals surface area contributed by atoms with Crippen LogP contribution in [0.25, 0.3) is 0 Å². The van der Waals surface area contributed by atoms with E-state index in [1.54, 1.807) is 4.72 Å². The third-order valence-corrected chi connectivity index (χ3v) is 3.17. The Morgan fingerprint density at radius 3 is 2.11 bits per heavy atom. The first-order chi connectivity index (χ1) is 8.09. The van der Waals surface area contributed by atoms with Gasteiger partial charge in [0.1, 0.15) is 0 Å². The third kappa shape index (κ3) is 4.74. The van der Waals surface area contributed by atoms with Gasteiger partial charge >= 0.3 is 6.18 Å². The van der Waals surface area contributed by atoms with Crippen LogP contribution in [0.2, 0.25) is 0 Å². The lowest BCUT2D eigenvalue weighted by Crippen LogP contribution is -2.27. The number of carbonyl (C=O) groups is 1. The van der Waals surface area contributed by atoms with E-state index in [0.29, 0.717) is 5.56 Å². The predicted molar refractivity (Wildman–Crippen MR) is 59.9 cm³/mol. The van der Waals surface area contributed by atoms with Gasteiger partial charge in [0.2, 0.25) is 10.0 Å². The van der Waals surface area contributed by atoms with E-state index in [9.17, 15) is 26.4 Å². The van der Waals surface area contributed by atoms with Gasteiger partial charge in [-0.1, -0.05) is 0 Å². The molecule has 1 rings (SSSR count). The van der Waals surface area contributed by atoms with Crippen molar-refractivity contribution in [3.63, 3.8) is 0 Å². The monoisotopic (exact) mass is 281 g/mol. The lowest BCUT2D eigenvalue weighted by molar-refractivity contribution is -0.106. The molecule has 0 aliphatic carbocycles. The molecule has 1 aromatic carbocycles. The van der Waals surface area contributed by atoms with Crippen LogP contribution in [-0.2, 0) is 10.0 Å². The molecule has 0 bridgehead atoms. The highest BCUT2D eigenvalue weighted by Gasteiger charge is 2.35. The van der Waals surface area contributed by atoms with Gasteiger partial charge < -0.3 is 0 Å². The number of halogens is 3. The summed E-state index contributed by atoms with van der Waals surface area (Å²) in [7, 11) is -4.49. The highest BCUT2D eigenvalue weighted by atomic mass is 32.2. The van der Waals surface area contributed by atoms with Crippen molar-refractivity contribution < 1.29 is 26.4 Å². The molecule has 100 valence electrons. The van der Waals surface area contributed by atoms with E-state index in [1.807, 2.05) is 0 Å². The second kappa shape index (κ2) is 4.97. The Morgan fingerprint density at radius 1 is 1.22 bits per heavy atom. The predicted octanol–water partition coefficient (Wildman–Crippen LogP) is 2.19. The topological polar surface area (TPSA) is 63.2 Å². The Labute approximate surface area is 102 Å². The Bertz CT molecular complexity index is 534. The summed E-state index contributed by atoms with van der Waals surface area (Å²) in [6, 6.07) is 5.11. The Hall–Kier alpha value is -1.57. The van der Waals surface area contributed by atoms with E-state index < -0.39 is 22.0 Å². The summed E-state index contributed by atoms with van der Waals surface area (Å²) in [5.74, 6) is -2.17. The minimum atomic E-state index is -4.80. The number of nitrogens with one attached hydrogen (secondary N) is 1. The fourth-order valence-corrected chi connectivity index (χ4v) is 2.20. The summed E-state index contributed by atoms with van der Waals surface area (Å²) in [5.41, 5.74) is 0.318. The number of anilines is 1. The first kappa shape index (κ1) is 14.5. The van der Waals surface area contributed by atoms with Gasteiger partial charge in [0.15, 0.2) is 11.5 Å². The molecule has 4 nitrogen and oxygen atoms in total. The Balaban J connectivity index is 2.82. The summed E-state index contributed by atoms with van der Waals surface area (Å²) in [6.45, 7) is 1.32. The number of sulfonamides is 1. The van der Waals surface area contributed by atoms with Gasteiger partial charge in [-0.2, -0.15) is 13.2 Å². The normalized spacial score (nSPS) is 12.2. The number of hydrogen-bond donors (Lipinski definition) is 1. The number of carbonyl (C=O) groups excluding carboxylic acids is 1. The molecule has 18 heavy (non-hydrogen) atoms. The molecule has 1 aromatic rings. The minimum absolute atomic E-state index is 0.0238. The summed E-state index contributed by atoms with van der Waals surface area (Å²) in [6.07, 6.45) is -4.80. The van der Waals surface area contributed by atoms with E-state index in [1.165, 1.54) is 31.2 Å². The lowest BCUT2D eigenvalue weighted by Gasteiger charge is -2.10. The Morgan fingerprint density at radius 2 is 1.72 bits per heavy atom. The minimum Gasteiger partial charge on any atom is -0.295 e. The van der Waals surface area contributed by atoms with E-state index in [2.05, 4.69) is 0 Å². The molecule has 0 spiro atoms. The molecular weight excluding hydrogens is 271 g/mol. The van der Waals surface area contributed by atoms with Gasteiger partial charge in [-0.3, -0.25) is 9.52 Å². The average Bonchev–Trinajstić information content (AvgIpc) is 2.13. The zero-order valence-corrected chi connectivity index (χ0v) is 10.1. The van der Waals surface area contributed by atoms with Crippen molar-refractivity contribution in [3.05, 3.63) is 29.8 Å². The SMILES string of the molecule is CC(=O)c1ccc(NS(=O)(=O)CC(F)(F)F)cc1. The maximum Gasteiger partial charge on any atom is 0.404 e. The van der Waals surface area contributed by atoms with E-state index in [-0.39, 0.29) is 11.5 Å². The van der Waals surface area contributed by atoms with Crippen LogP contribution in [0, 0.1) is 0 Å². The molecule has 1 N–H and O–H groups in total. The first-order valence-electron chi connectivity index (χ1n) is 4.77. The lowest BCUT2D eigenvalue weighted by atomic mass is 10.1. The van der Waals surface area contributed by atoms with Crippen LogP contribution in [0.4, 0.5) is 18.9 Å². The number of benzene rings is 1. The number of alkyl halides is 3. The van der Waals surface area contributed by atoms with Crippen LogP contribution >= 0.6 is 0 Å². The third-order valence-electron chi connectivity index (χ3n) is 1.92. The molecule has 0 fully saturated rings. The van der Waals surface area contributed by atoms with Crippen LogP contribution in [0.3, 0.4) is 0 Å². The summed E-state index contributed by atoms with van der Waals surface area (Å²) in [5, 5.41) is 0. The molecular formula is C10H10F3NO3S. The van der Waals surface area contributed by atoms with Gasteiger partial charge in [0.25, 0.3) is 0 Å². The number of hydrogen-bond acceptors (Lipinski definition) is 3. The van der Waals surface area contributed by atoms with Crippen LogP contribution < -0.4 is 4.72 Å². The van der Waals surface area contributed by atoms with Gasteiger partial charge in [-0.05, 0) is 31.2 Å². The second-order valence-electron chi connectivity index (χ2n) is 3.61. The molecule has 0 aliphatic rings. The molecule has 0 saturated carbocycles. The zero-order valence-electron chi connectivity index (χ0n) is 9.28. The first-order valence-corrected chi connectivity index (χ1v) is 6.42. The van der Waals surface area contributed by atoms with Crippen LogP contribution in [-0.4, -0.2) is 26.1 Å². The van der Waals surface area contributed by atoms with Crippen molar-refractivity contribution in [2.45, 2.75) is 13.1 Å². The summed E-state index contributed by atoms with van der Waals surface area (Å²) < 4.78 is 59.9. The van der Waals surface area contributed by atoms with Crippen LogP contribution in [0.5, 0.6) is 0 Å². The summed E-state index contributed by atoms with van der Waals surface area (Å²) >= 11 is 0. The molecule has 0 aromatic heterocycles. The standard InChI is InChI=1S/C10H10F3NO3S/c1-7(15)8-2-4-9(5-3-8)14-18(16,17)6-10(11,12)13/h2-5,14H,6H2,1H3. The fraction of sp³-hybridized carbons (Fsp3) is 0.300. The van der Waals surface area contributed by atoms with Crippen molar-refractivity contribution in [2.75, 3.05) is 10.5 Å². The Kier molecular flexibility index (Phi) is 4.00. The van der Waals surface area contributed by atoms with E-state index in [4.69, 9.17) is 0 Å². The molecule has 0 aliphatic heterocycles. The average molecular weight is 281 g/mol. The quantitative estimate of drug-likeness (QED) is 0.860. The smallest absolute Gasteiger partial charge is 0.295 e. The molecule has 8 heteroatoms. The molecule has 0 saturated heterocycles. The van der Waals surface area contributed by atoms with Gasteiger partial charge in [0.05, 0.1) is 0 Å². The molecule has 0 atom stereocenters. The fourth-order valence-electron chi connectivity index (χ4n) is 1.20. The zero-order chi connectivity index (χ0) is 14.0. The van der Waals surface area contributed by atoms with Crippen molar-refractivity contribution in [1.29, 1.82) is 0 Å². The number of rotatable bonds is 4. The van der Waals surface area contributed by atoms with Gasteiger partial charge in [-0.25, -0.2) is 8.42 Å². The summed E-state index contributed by atoms with van der Waals surface area (Å²) in [4.78, 5) is 10.9. The number of ketones is 1. The highest BCUT2D eigenvalue weighted by molar-refractivity contribution is 7.92. The largest absolute Gasteiger partial charge is 0.404 e. The number of Topliss-reactive ketones (excluding diaryl/α,β-unsaturated/α-hetero) is 1. The van der Waals surface area contributed by atoms with Crippen LogP contribution in [0.15, 0.2) is 24.3 Å². The maximum absolute atomic E-state index is 12.0. The van der Waals surface area contributed by atoms with Gasteiger partial charge in [0, 0.05) is 11.3 Å². The van der Waals surface area contributed by atoms with Crippen molar-refractivity contribution in [1.82, 2.24) is 0 Å². The molecule has 0 radical (unpaired) electrons. The van der Waals surface area contributed by atoms with Gasteiger partial charge in [-0.15, -0.1) is 0 Å². The van der Waals surface area contributed by atoms with Crippen molar-refractivity contribution in [2.24, 2.45) is 0 Å². The second-order valence-corrected chi connectivity index (χ2v) is 5.33. The molecule has 0 unspecified atom stereocenters. The van der Waals surface area contributed by atoms with E-state index in [0.717, 1.165) is 0 Å². The maximum atomic E-state index is 12.0. The highest BCUT2D eigenvalue weighted by Crippen LogP contribution is 2.19. The van der Waals surface area contributed by atoms with Crippen molar-refractivity contribution >= 4 is 21.5 Å². The van der Waals surface area contributed by atoms with E-state index >= 15 is 0 Å². The molecule has 0 amide bonds.